The highest BCUT2D eigenvalue weighted by atomic mass is 28.4. The summed E-state index contributed by atoms with van der Waals surface area (Å²) in [5.41, 5.74) is 1.28. The Labute approximate surface area is 279 Å². The molecule has 1 amide bonds. The molecule has 0 aromatic heterocycles. The Balaban J connectivity index is 1.62. The number of likely N-dealkylation sites (tertiary alicyclic amines) is 1. The van der Waals surface area contributed by atoms with Gasteiger partial charge in [-0.25, -0.2) is 14.4 Å². The summed E-state index contributed by atoms with van der Waals surface area (Å²) in [5.74, 6) is -0.788. The number of methoxy groups -OCH3 is 2. The molecule has 1 heterocycles. The maximum atomic E-state index is 13.2. The average Bonchev–Trinajstić information content (AvgIpc) is 3.01. The van der Waals surface area contributed by atoms with Crippen LogP contribution in [0.5, 0.6) is 0 Å². The quantitative estimate of drug-likeness (QED) is 0.168. The molecule has 1 aliphatic rings. The summed E-state index contributed by atoms with van der Waals surface area (Å²) in [6, 6.07) is 23.9. The third-order valence-corrected chi connectivity index (χ3v) is 13.3. The lowest BCUT2D eigenvalue weighted by molar-refractivity contribution is -0.000838. The maximum Gasteiger partial charge on any atom is 0.410 e. The van der Waals surface area contributed by atoms with E-state index in [1.807, 2.05) is 57.2 Å². The number of rotatable bonds is 11. The lowest BCUT2D eigenvalue weighted by Crippen LogP contribution is -2.66. The second kappa shape index (κ2) is 14.8. The first-order chi connectivity index (χ1) is 22.2. The van der Waals surface area contributed by atoms with Crippen molar-refractivity contribution >= 4 is 36.7 Å². The number of nitrogens with one attached hydrogen (secondary N) is 1. The minimum absolute atomic E-state index is 0.0813. The molecule has 1 saturated heterocycles. The summed E-state index contributed by atoms with van der Waals surface area (Å²) < 4.78 is 22.9. The van der Waals surface area contributed by atoms with Crippen LogP contribution in [-0.4, -0.2) is 70.7 Å². The lowest BCUT2D eigenvalue weighted by atomic mass is 9.97. The van der Waals surface area contributed by atoms with E-state index in [0.717, 1.165) is 10.4 Å². The van der Waals surface area contributed by atoms with Crippen LogP contribution < -0.4 is 15.7 Å². The Morgan fingerprint density at radius 2 is 1.28 bits per heavy atom. The van der Waals surface area contributed by atoms with Crippen molar-refractivity contribution in [3.8, 4) is 0 Å². The molecule has 47 heavy (non-hydrogen) atoms. The van der Waals surface area contributed by atoms with Crippen LogP contribution in [0.15, 0.2) is 72.8 Å². The zero-order valence-corrected chi connectivity index (χ0v) is 29.8. The van der Waals surface area contributed by atoms with Crippen LogP contribution in [0, 0.1) is 5.92 Å². The fourth-order valence-electron chi connectivity index (χ4n) is 6.09. The Kier molecular flexibility index (Phi) is 11.3. The van der Waals surface area contributed by atoms with E-state index in [9.17, 15) is 14.4 Å². The maximum absolute atomic E-state index is 13.2. The fourth-order valence-corrected chi connectivity index (χ4v) is 10.6. The van der Waals surface area contributed by atoms with Crippen LogP contribution in [0.3, 0.4) is 0 Å². The molecule has 0 unspecified atom stereocenters. The fraction of sp³-hybridized carbons (Fsp3) is 0.432. The molecule has 9 nitrogen and oxygen atoms in total. The van der Waals surface area contributed by atoms with Crippen molar-refractivity contribution in [3.63, 3.8) is 0 Å². The van der Waals surface area contributed by atoms with Crippen LogP contribution in [0.1, 0.15) is 73.4 Å². The minimum Gasteiger partial charge on any atom is -0.465 e. The van der Waals surface area contributed by atoms with Gasteiger partial charge in [-0.2, -0.15) is 0 Å². The predicted octanol–water partition coefficient (Wildman–Crippen LogP) is 5.29. The third-order valence-electron chi connectivity index (χ3n) is 8.36. The summed E-state index contributed by atoms with van der Waals surface area (Å²) in [4.78, 5) is 40.2. The van der Waals surface area contributed by atoms with E-state index < -0.39 is 25.9 Å². The zero-order valence-electron chi connectivity index (χ0n) is 28.8. The highest BCUT2D eigenvalue weighted by molar-refractivity contribution is 6.99. The smallest absolute Gasteiger partial charge is 0.410 e. The van der Waals surface area contributed by atoms with Gasteiger partial charge in [-0.05, 0) is 59.4 Å². The molecule has 3 aromatic rings. The highest BCUT2D eigenvalue weighted by Gasteiger charge is 2.50. The van der Waals surface area contributed by atoms with Crippen molar-refractivity contribution in [1.29, 1.82) is 0 Å². The predicted molar refractivity (Wildman–Crippen MR) is 185 cm³/mol. The summed E-state index contributed by atoms with van der Waals surface area (Å²) in [6.45, 7) is 14.3. The van der Waals surface area contributed by atoms with E-state index in [2.05, 4.69) is 50.4 Å². The largest absolute Gasteiger partial charge is 0.465 e. The van der Waals surface area contributed by atoms with Crippen LogP contribution >= 0.6 is 0 Å². The van der Waals surface area contributed by atoms with E-state index in [-0.39, 0.29) is 23.7 Å². The molecule has 3 aromatic carbocycles. The molecule has 1 N–H and O–H groups in total. The lowest BCUT2D eigenvalue weighted by Gasteiger charge is -2.43. The van der Waals surface area contributed by atoms with Crippen LogP contribution in [-0.2, 0) is 31.8 Å². The number of hydrogen-bond donors (Lipinski definition) is 1. The monoisotopic (exact) mass is 660 g/mol. The molecule has 0 radical (unpaired) electrons. The Morgan fingerprint density at radius 3 is 1.74 bits per heavy atom. The highest BCUT2D eigenvalue weighted by Crippen LogP contribution is 2.37. The summed E-state index contributed by atoms with van der Waals surface area (Å²) in [7, 11) is -0.262. The van der Waals surface area contributed by atoms with Crippen molar-refractivity contribution in [1.82, 2.24) is 10.2 Å². The van der Waals surface area contributed by atoms with Crippen molar-refractivity contribution in [2.45, 2.75) is 65.3 Å². The van der Waals surface area contributed by atoms with Gasteiger partial charge < -0.3 is 28.9 Å². The number of benzene rings is 3. The van der Waals surface area contributed by atoms with Crippen LogP contribution in [0.2, 0.25) is 5.04 Å². The molecule has 1 aliphatic heterocycles. The van der Waals surface area contributed by atoms with Crippen molar-refractivity contribution in [2.75, 3.05) is 33.9 Å². The number of esters is 2. The Morgan fingerprint density at radius 1 is 0.787 bits per heavy atom. The molecule has 0 bridgehead atoms. The van der Waals surface area contributed by atoms with Crippen molar-refractivity contribution in [3.05, 3.63) is 95.1 Å². The van der Waals surface area contributed by atoms with Crippen molar-refractivity contribution in [2.24, 2.45) is 5.92 Å². The second-order valence-corrected chi connectivity index (χ2v) is 18.3. The molecule has 252 valence electrons. The van der Waals surface area contributed by atoms with E-state index >= 15 is 0 Å². The molecule has 1 fully saturated rings. The number of amides is 1. The third kappa shape index (κ3) is 8.30. The van der Waals surface area contributed by atoms with Gasteiger partial charge in [0.15, 0.2) is 0 Å². The van der Waals surface area contributed by atoms with Gasteiger partial charge in [0.05, 0.1) is 32.0 Å². The van der Waals surface area contributed by atoms with E-state index in [1.54, 1.807) is 17.0 Å². The van der Waals surface area contributed by atoms with Crippen LogP contribution in [0.25, 0.3) is 0 Å². The molecular weight excluding hydrogens is 613 g/mol. The standard InChI is InChI=1S/C37H48N2O7Si/c1-36(2,3)46-35(42)39-23-26(24-39)21-38-22-27-19-32(34(41)44-8)28(20-31(27)33(40)43-7)25-45-47(37(4,5)6,29-15-11-9-12-16-29)30-17-13-10-14-18-30/h9-20,26,38H,21-25H2,1-8H3. The second-order valence-electron chi connectivity index (χ2n) is 14.0. The Hall–Kier alpha value is -3.99. The first-order valence-corrected chi connectivity index (χ1v) is 17.9. The number of nitrogens with zero attached hydrogens (tertiary/aromatic N) is 1. The molecule has 0 saturated carbocycles. The minimum atomic E-state index is -2.94. The molecule has 0 spiro atoms. The SMILES string of the molecule is COC(=O)c1cc(CO[Si](c2ccccc2)(c2ccccc2)C(C)(C)C)c(C(=O)OC)cc1CNCC1CN(C(=O)OC(C)(C)C)C1. The van der Waals surface area contributed by atoms with Gasteiger partial charge in [-0.3, -0.25) is 0 Å². The van der Waals surface area contributed by atoms with Crippen LogP contribution in [0.4, 0.5) is 4.79 Å². The van der Waals surface area contributed by atoms with Gasteiger partial charge in [-0.1, -0.05) is 81.4 Å². The molecule has 0 atom stereocenters. The normalized spacial score (nSPS) is 13.9. The van der Waals surface area contributed by atoms with E-state index in [0.29, 0.717) is 48.4 Å². The van der Waals surface area contributed by atoms with Gasteiger partial charge in [0.2, 0.25) is 0 Å². The number of carbonyl (C=O) groups excluding carboxylic acids is 3. The Bertz CT molecular complexity index is 1500. The van der Waals surface area contributed by atoms with Gasteiger partial charge >= 0.3 is 18.0 Å². The molecule has 4 rings (SSSR count). The summed E-state index contributed by atoms with van der Waals surface area (Å²) in [6.07, 6.45) is -0.319. The van der Waals surface area contributed by atoms with Gasteiger partial charge in [-0.15, -0.1) is 0 Å². The van der Waals surface area contributed by atoms with E-state index in [4.69, 9.17) is 18.6 Å². The summed E-state index contributed by atoms with van der Waals surface area (Å²) in [5, 5.41) is 5.32. The topological polar surface area (TPSA) is 103 Å². The zero-order chi connectivity index (χ0) is 34.4. The average molecular weight is 661 g/mol. The van der Waals surface area contributed by atoms with Gasteiger partial charge in [0, 0.05) is 32.1 Å². The molecule has 10 heteroatoms. The van der Waals surface area contributed by atoms with Gasteiger partial charge in [0.1, 0.15) is 5.60 Å². The molecular formula is C37H48N2O7Si. The van der Waals surface area contributed by atoms with E-state index in [1.165, 1.54) is 14.2 Å². The van der Waals surface area contributed by atoms with Gasteiger partial charge in [0.25, 0.3) is 8.32 Å². The number of carbonyl (C=O) groups is 3. The number of ether oxygens (including phenoxy) is 3. The first kappa shape index (κ1) is 35.9. The van der Waals surface area contributed by atoms with Crippen molar-refractivity contribution < 1.29 is 33.0 Å². The first-order valence-electron chi connectivity index (χ1n) is 16.0. The summed E-state index contributed by atoms with van der Waals surface area (Å²) >= 11 is 0. The number of hydrogen-bond acceptors (Lipinski definition) is 8. The molecule has 0 aliphatic carbocycles.